The van der Waals surface area contributed by atoms with Crippen LogP contribution in [0.5, 0.6) is 11.6 Å². The van der Waals surface area contributed by atoms with Crippen LogP contribution in [0.4, 0.5) is 0 Å². The molecule has 6 heteroatoms. The second-order valence-electron chi connectivity index (χ2n) is 3.93. The van der Waals surface area contributed by atoms with Gasteiger partial charge >= 0.3 is 5.97 Å². The van der Waals surface area contributed by atoms with E-state index < -0.39 is 5.97 Å². The van der Waals surface area contributed by atoms with Gasteiger partial charge in [0.15, 0.2) is 0 Å². The number of nitrogens with zero attached hydrogens (tertiary/aromatic N) is 2. The number of hydrogen-bond acceptors (Lipinski definition) is 4. The summed E-state index contributed by atoms with van der Waals surface area (Å²) in [6, 6.07) is 4.37. The molecule has 0 aliphatic heterocycles. The molecule has 0 unspecified atom stereocenters. The number of halogens is 1. The first-order chi connectivity index (χ1) is 8.97. The molecule has 0 bridgehead atoms. The molecule has 0 fully saturated rings. The predicted octanol–water partition coefficient (Wildman–Crippen LogP) is 3.24. The van der Waals surface area contributed by atoms with Crippen molar-refractivity contribution in [3.8, 4) is 11.6 Å². The van der Waals surface area contributed by atoms with Gasteiger partial charge in [0.05, 0.1) is 17.6 Å². The molecule has 1 heterocycles. The molecule has 0 radical (unpaired) electrons. The third-order valence-corrected chi connectivity index (χ3v) is 2.79. The van der Waals surface area contributed by atoms with Crippen molar-refractivity contribution in [1.82, 2.24) is 9.97 Å². The Balaban J connectivity index is 2.37. The number of carbonyl (C=O) groups is 1. The van der Waals surface area contributed by atoms with Crippen LogP contribution in [0.3, 0.4) is 0 Å². The van der Waals surface area contributed by atoms with Gasteiger partial charge in [-0.2, -0.15) is 0 Å². The van der Waals surface area contributed by atoms with E-state index in [1.54, 1.807) is 13.0 Å². The van der Waals surface area contributed by atoms with Crippen LogP contribution in [0.1, 0.15) is 21.7 Å². The molecule has 0 atom stereocenters. The van der Waals surface area contributed by atoms with E-state index in [0.717, 1.165) is 11.4 Å². The predicted molar refractivity (Wildman–Crippen MR) is 70.0 cm³/mol. The third-order valence-electron chi connectivity index (χ3n) is 2.56. The van der Waals surface area contributed by atoms with Crippen LogP contribution in [0.25, 0.3) is 0 Å². The van der Waals surface area contributed by atoms with Crippen molar-refractivity contribution in [2.45, 2.75) is 13.8 Å². The number of rotatable bonds is 3. The monoisotopic (exact) mass is 278 g/mol. The zero-order valence-corrected chi connectivity index (χ0v) is 11.1. The lowest BCUT2D eigenvalue weighted by Gasteiger charge is -2.09. The van der Waals surface area contributed by atoms with E-state index in [1.165, 1.54) is 18.3 Å². The summed E-state index contributed by atoms with van der Waals surface area (Å²) in [6.07, 6.45) is 1.45. The van der Waals surface area contributed by atoms with Crippen LogP contribution < -0.4 is 4.74 Å². The summed E-state index contributed by atoms with van der Waals surface area (Å²) >= 11 is 5.76. The Bertz CT molecular complexity index is 644. The summed E-state index contributed by atoms with van der Waals surface area (Å²) in [5.74, 6) is -0.698. The van der Waals surface area contributed by atoms with Gasteiger partial charge in [0.25, 0.3) is 0 Å². The molecule has 0 aliphatic carbocycles. The maximum atomic E-state index is 11.1. The highest BCUT2D eigenvalue weighted by atomic mass is 35.5. The number of aryl methyl sites for hydroxylation is 2. The summed E-state index contributed by atoms with van der Waals surface area (Å²) < 4.78 is 5.45. The molecule has 0 spiro atoms. The Hall–Kier alpha value is -2.14. The molecule has 98 valence electrons. The molecular weight excluding hydrogens is 268 g/mol. The van der Waals surface area contributed by atoms with E-state index in [9.17, 15) is 4.79 Å². The molecule has 0 amide bonds. The molecule has 0 saturated carbocycles. The topological polar surface area (TPSA) is 72.3 Å². The SMILES string of the molecule is Cc1ncc(Oc2ccc(Cl)cc2C(=O)O)nc1C. The van der Waals surface area contributed by atoms with Crippen molar-refractivity contribution >= 4 is 17.6 Å². The van der Waals surface area contributed by atoms with Gasteiger partial charge in [-0.3, -0.25) is 4.98 Å². The van der Waals surface area contributed by atoms with Crippen LogP contribution in [0, 0.1) is 13.8 Å². The molecular formula is C13H11ClN2O3. The normalized spacial score (nSPS) is 10.3. The van der Waals surface area contributed by atoms with Gasteiger partial charge < -0.3 is 9.84 Å². The van der Waals surface area contributed by atoms with Crippen molar-refractivity contribution in [3.05, 3.63) is 46.4 Å². The second-order valence-corrected chi connectivity index (χ2v) is 4.36. The minimum absolute atomic E-state index is 0.0208. The van der Waals surface area contributed by atoms with Gasteiger partial charge in [-0.1, -0.05) is 11.6 Å². The number of carboxylic acid groups (broad SMARTS) is 1. The van der Waals surface area contributed by atoms with Crippen LogP contribution in [0.15, 0.2) is 24.4 Å². The van der Waals surface area contributed by atoms with E-state index >= 15 is 0 Å². The van der Waals surface area contributed by atoms with Crippen LogP contribution in [-0.2, 0) is 0 Å². The minimum atomic E-state index is -1.12. The molecule has 1 N–H and O–H groups in total. The van der Waals surface area contributed by atoms with Crippen molar-refractivity contribution in [1.29, 1.82) is 0 Å². The minimum Gasteiger partial charge on any atom is -0.478 e. The fraction of sp³-hybridized carbons (Fsp3) is 0.154. The molecule has 2 rings (SSSR count). The average molecular weight is 279 g/mol. The van der Waals surface area contributed by atoms with E-state index in [1.807, 2.05) is 6.92 Å². The Labute approximate surface area is 114 Å². The van der Waals surface area contributed by atoms with Gasteiger partial charge in [-0.15, -0.1) is 0 Å². The summed E-state index contributed by atoms with van der Waals surface area (Å²) in [7, 11) is 0. The van der Waals surface area contributed by atoms with Gasteiger partial charge in [0.2, 0.25) is 5.88 Å². The Morgan fingerprint density at radius 3 is 2.68 bits per heavy atom. The summed E-state index contributed by atoms with van der Waals surface area (Å²) in [5, 5.41) is 9.42. The lowest BCUT2D eigenvalue weighted by Crippen LogP contribution is -2.01. The Kier molecular flexibility index (Phi) is 3.66. The maximum Gasteiger partial charge on any atom is 0.339 e. The Morgan fingerprint density at radius 2 is 2.05 bits per heavy atom. The number of benzene rings is 1. The standard InChI is InChI=1S/C13H11ClN2O3/c1-7-8(2)16-12(6-15-7)19-11-4-3-9(14)5-10(11)13(17)18/h3-6H,1-2H3,(H,17,18). The average Bonchev–Trinajstić information content (AvgIpc) is 2.36. The molecule has 0 saturated heterocycles. The van der Waals surface area contributed by atoms with E-state index in [0.29, 0.717) is 5.02 Å². The summed E-state index contributed by atoms with van der Waals surface area (Å²) in [5.41, 5.74) is 1.50. The first kappa shape index (κ1) is 13.3. The number of hydrogen-bond donors (Lipinski definition) is 1. The smallest absolute Gasteiger partial charge is 0.339 e. The lowest BCUT2D eigenvalue weighted by molar-refractivity contribution is 0.0694. The van der Waals surface area contributed by atoms with Gasteiger partial charge in [0, 0.05) is 5.02 Å². The van der Waals surface area contributed by atoms with E-state index in [4.69, 9.17) is 21.4 Å². The number of ether oxygens (including phenoxy) is 1. The van der Waals surface area contributed by atoms with E-state index in [2.05, 4.69) is 9.97 Å². The first-order valence-electron chi connectivity index (χ1n) is 5.48. The third kappa shape index (κ3) is 3.00. The molecule has 19 heavy (non-hydrogen) atoms. The van der Waals surface area contributed by atoms with Crippen LogP contribution >= 0.6 is 11.6 Å². The zero-order chi connectivity index (χ0) is 14.0. The number of carboxylic acids is 1. The zero-order valence-electron chi connectivity index (χ0n) is 10.3. The fourth-order valence-electron chi connectivity index (χ4n) is 1.44. The highest BCUT2D eigenvalue weighted by Gasteiger charge is 2.13. The molecule has 2 aromatic rings. The highest BCUT2D eigenvalue weighted by molar-refractivity contribution is 6.31. The summed E-state index contributed by atoms with van der Waals surface area (Å²) in [6.45, 7) is 3.63. The fourth-order valence-corrected chi connectivity index (χ4v) is 1.61. The van der Waals surface area contributed by atoms with Crippen molar-refractivity contribution in [2.24, 2.45) is 0 Å². The number of aromatic nitrogens is 2. The van der Waals surface area contributed by atoms with Crippen LogP contribution in [-0.4, -0.2) is 21.0 Å². The van der Waals surface area contributed by atoms with Crippen molar-refractivity contribution < 1.29 is 14.6 Å². The largest absolute Gasteiger partial charge is 0.478 e. The van der Waals surface area contributed by atoms with Crippen LogP contribution in [0.2, 0.25) is 5.02 Å². The Morgan fingerprint density at radius 1 is 1.32 bits per heavy atom. The molecule has 1 aromatic heterocycles. The summed E-state index contributed by atoms with van der Waals surface area (Å²) in [4.78, 5) is 19.4. The molecule has 1 aromatic carbocycles. The van der Waals surface area contributed by atoms with E-state index in [-0.39, 0.29) is 17.2 Å². The maximum absolute atomic E-state index is 11.1. The first-order valence-corrected chi connectivity index (χ1v) is 5.86. The van der Waals surface area contributed by atoms with Crippen molar-refractivity contribution in [3.63, 3.8) is 0 Å². The second kappa shape index (κ2) is 5.24. The molecule has 5 nitrogen and oxygen atoms in total. The van der Waals surface area contributed by atoms with Gasteiger partial charge in [-0.25, -0.2) is 9.78 Å². The molecule has 0 aliphatic rings. The highest BCUT2D eigenvalue weighted by Crippen LogP contribution is 2.27. The number of aromatic carboxylic acids is 1. The van der Waals surface area contributed by atoms with Crippen molar-refractivity contribution in [2.75, 3.05) is 0 Å². The quantitative estimate of drug-likeness (QED) is 0.933. The van der Waals surface area contributed by atoms with Gasteiger partial charge in [-0.05, 0) is 32.0 Å². The van der Waals surface area contributed by atoms with Gasteiger partial charge in [0.1, 0.15) is 11.3 Å². The lowest BCUT2D eigenvalue weighted by atomic mass is 10.2.